The van der Waals surface area contributed by atoms with Crippen molar-refractivity contribution < 1.29 is 22.7 Å². The number of aryl methyl sites for hydroxylation is 1. The highest BCUT2D eigenvalue weighted by Gasteiger charge is 2.28. The van der Waals surface area contributed by atoms with E-state index in [1.807, 2.05) is 37.4 Å². The largest absolute Gasteiger partial charge is 0.493 e. The van der Waals surface area contributed by atoms with Gasteiger partial charge in [-0.2, -0.15) is 5.10 Å². The molecule has 10 heteroatoms. The van der Waals surface area contributed by atoms with Crippen LogP contribution >= 0.6 is 11.8 Å². The Bertz CT molecular complexity index is 1290. The number of rotatable bonds is 10. The van der Waals surface area contributed by atoms with Crippen molar-refractivity contribution in [1.82, 2.24) is 5.43 Å². The quantitative estimate of drug-likeness (QED) is 0.249. The molecule has 0 unspecified atom stereocenters. The number of thioether (sulfide) groups is 1. The second-order valence-electron chi connectivity index (χ2n) is 7.43. The molecule has 0 radical (unpaired) electrons. The molecule has 3 aromatic carbocycles. The van der Waals surface area contributed by atoms with E-state index >= 15 is 0 Å². The maximum absolute atomic E-state index is 13.5. The molecule has 3 rings (SSSR count). The predicted molar refractivity (Wildman–Crippen MR) is 139 cm³/mol. The summed E-state index contributed by atoms with van der Waals surface area (Å²) in [4.78, 5) is 13.9. The third kappa shape index (κ3) is 6.55. The Morgan fingerprint density at radius 1 is 1.00 bits per heavy atom. The van der Waals surface area contributed by atoms with Crippen molar-refractivity contribution in [1.29, 1.82) is 0 Å². The molecule has 0 aromatic heterocycles. The maximum atomic E-state index is 13.5. The van der Waals surface area contributed by atoms with Crippen LogP contribution in [0.3, 0.4) is 0 Å². The van der Waals surface area contributed by atoms with Crippen molar-refractivity contribution in [2.24, 2.45) is 5.10 Å². The first-order valence-corrected chi connectivity index (χ1v) is 13.2. The second kappa shape index (κ2) is 11.8. The normalized spacial score (nSPS) is 11.3. The van der Waals surface area contributed by atoms with Gasteiger partial charge in [0.25, 0.3) is 15.9 Å². The van der Waals surface area contributed by atoms with Crippen LogP contribution in [0, 0.1) is 6.92 Å². The number of carbonyl (C=O) groups excluding carboxylic acids is 1. The van der Waals surface area contributed by atoms with E-state index in [1.54, 1.807) is 36.0 Å². The van der Waals surface area contributed by atoms with Crippen molar-refractivity contribution in [2.75, 3.05) is 31.3 Å². The number of nitrogens with zero attached hydrogens (tertiary/aromatic N) is 2. The number of hydrogen-bond donors (Lipinski definition) is 1. The van der Waals surface area contributed by atoms with Gasteiger partial charge in [0.1, 0.15) is 6.54 Å². The van der Waals surface area contributed by atoms with E-state index in [-0.39, 0.29) is 10.6 Å². The van der Waals surface area contributed by atoms with E-state index in [9.17, 15) is 13.2 Å². The zero-order chi connectivity index (χ0) is 25.4. The molecule has 3 aromatic rings. The van der Waals surface area contributed by atoms with Gasteiger partial charge in [-0.1, -0.05) is 29.8 Å². The molecule has 0 spiro atoms. The molecule has 8 nitrogen and oxygen atoms in total. The number of anilines is 1. The zero-order valence-electron chi connectivity index (χ0n) is 19.9. The van der Waals surface area contributed by atoms with Gasteiger partial charge in [-0.05, 0) is 55.1 Å². The molecule has 0 heterocycles. The molecule has 0 fully saturated rings. The van der Waals surface area contributed by atoms with E-state index in [4.69, 9.17) is 9.47 Å². The highest BCUT2D eigenvalue weighted by atomic mass is 32.2. The van der Waals surface area contributed by atoms with Gasteiger partial charge in [0.15, 0.2) is 11.5 Å². The number of carbonyl (C=O) groups is 1. The summed E-state index contributed by atoms with van der Waals surface area (Å²) in [5, 5.41) is 3.97. The Morgan fingerprint density at radius 3 is 2.26 bits per heavy atom. The Hall–Kier alpha value is -3.50. The average molecular weight is 514 g/mol. The molecule has 0 saturated heterocycles. The summed E-state index contributed by atoms with van der Waals surface area (Å²) in [5.41, 5.74) is 4.37. The van der Waals surface area contributed by atoms with Crippen LogP contribution in [-0.2, 0) is 14.8 Å². The molecule has 1 N–H and O–H groups in total. The number of hydrogen-bond acceptors (Lipinski definition) is 7. The zero-order valence-corrected chi connectivity index (χ0v) is 21.5. The minimum atomic E-state index is -4.07. The first-order valence-electron chi connectivity index (χ1n) is 10.6. The van der Waals surface area contributed by atoms with Gasteiger partial charge in [0.05, 0.1) is 31.0 Å². The van der Waals surface area contributed by atoms with Gasteiger partial charge in [-0.15, -0.1) is 11.8 Å². The van der Waals surface area contributed by atoms with Crippen molar-refractivity contribution in [2.45, 2.75) is 16.7 Å². The van der Waals surface area contributed by atoms with Crippen LogP contribution in [0.5, 0.6) is 11.5 Å². The molecular formula is C25H27N3O5S2. The molecule has 184 valence electrons. The van der Waals surface area contributed by atoms with Crippen LogP contribution in [0.4, 0.5) is 5.69 Å². The molecule has 0 bridgehead atoms. The molecular weight excluding hydrogens is 486 g/mol. The van der Waals surface area contributed by atoms with E-state index in [0.29, 0.717) is 11.5 Å². The van der Waals surface area contributed by atoms with Crippen LogP contribution in [-0.4, -0.2) is 47.6 Å². The molecule has 0 aliphatic rings. The second-order valence-corrected chi connectivity index (χ2v) is 10.2. The van der Waals surface area contributed by atoms with Crippen LogP contribution in [0.1, 0.15) is 11.1 Å². The first kappa shape index (κ1) is 26.1. The minimum absolute atomic E-state index is 0.0584. The number of amides is 1. The maximum Gasteiger partial charge on any atom is 0.264 e. The average Bonchev–Trinajstić information content (AvgIpc) is 2.87. The van der Waals surface area contributed by atoms with Crippen LogP contribution in [0.2, 0.25) is 0 Å². The SMILES string of the molecule is COc1ccc(N(CC(=O)N/N=C/c2ccc(SC)cc2)S(=O)(=O)c2ccc(C)cc2)cc1OC. The topological polar surface area (TPSA) is 97.3 Å². The fourth-order valence-electron chi connectivity index (χ4n) is 3.17. The highest BCUT2D eigenvalue weighted by Crippen LogP contribution is 2.33. The predicted octanol–water partition coefficient (Wildman–Crippen LogP) is 4.08. The molecule has 1 amide bonds. The van der Waals surface area contributed by atoms with Gasteiger partial charge < -0.3 is 9.47 Å². The molecule has 0 aliphatic carbocycles. The first-order chi connectivity index (χ1) is 16.8. The molecule has 35 heavy (non-hydrogen) atoms. The monoisotopic (exact) mass is 513 g/mol. The van der Waals surface area contributed by atoms with Gasteiger partial charge in [-0.25, -0.2) is 13.8 Å². The lowest BCUT2D eigenvalue weighted by atomic mass is 10.2. The number of nitrogens with one attached hydrogen (secondary N) is 1. The number of methoxy groups -OCH3 is 2. The fourth-order valence-corrected chi connectivity index (χ4v) is 4.99. The van der Waals surface area contributed by atoms with Gasteiger partial charge in [-0.3, -0.25) is 9.10 Å². The lowest BCUT2D eigenvalue weighted by Crippen LogP contribution is -2.39. The van der Waals surface area contributed by atoms with E-state index < -0.39 is 22.5 Å². The highest BCUT2D eigenvalue weighted by molar-refractivity contribution is 7.98. The third-order valence-corrected chi connectivity index (χ3v) is 7.60. The van der Waals surface area contributed by atoms with Gasteiger partial charge >= 0.3 is 0 Å². The Kier molecular flexibility index (Phi) is 8.78. The van der Waals surface area contributed by atoms with Crippen molar-refractivity contribution in [3.05, 3.63) is 77.9 Å². The van der Waals surface area contributed by atoms with Crippen LogP contribution in [0.25, 0.3) is 0 Å². The van der Waals surface area contributed by atoms with Crippen LogP contribution in [0.15, 0.2) is 81.6 Å². The summed E-state index contributed by atoms with van der Waals surface area (Å²) >= 11 is 1.62. The Balaban J connectivity index is 1.88. The summed E-state index contributed by atoms with van der Waals surface area (Å²) in [6.45, 7) is 1.37. The van der Waals surface area contributed by atoms with Crippen LogP contribution < -0.4 is 19.2 Å². The van der Waals surface area contributed by atoms with Crippen molar-refractivity contribution in [3.63, 3.8) is 0 Å². The smallest absolute Gasteiger partial charge is 0.264 e. The summed E-state index contributed by atoms with van der Waals surface area (Å²) in [6, 6.07) is 18.7. The number of benzene rings is 3. The van der Waals surface area contributed by atoms with E-state index in [2.05, 4.69) is 10.5 Å². The standard InChI is InChI=1S/C25H27N3O5S2/c1-18-5-12-22(13-6-18)35(30,31)28(20-9-14-23(32-2)24(15-20)33-3)17-25(29)27-26-16-19-7-10-21(34-4)11-8-19/h5-16H,17H2,1-4H3,(H,27,29)/b26-16+. The minimum Gasteiger partial charge on any atom is -0.493 e. The fraction of sp³-hybridized carbons (Fsp3) is 0.200. The molecule has 0 atom stereocenters. The summed E-state index contributed by atoms with van der Waals surface area (Å²) in [6.07, 6.45) is 3.48. The van der Waals surface area contributed by atoms with Crippen molar-refractivity contribution in [3.8, 4) is 11.5 Å². The lowest BCUT2D eigenvalue weighted by molar-refractivity contribution is -0.119. The van der Waals surface area contributed by atoms with Gasteiger partial charge in [0.2, 0.25) is 0 Å². The van der Waals surface area contributed by atoms with E-state index in [1.165, 1.54) is 38.6 Å². The lowest BCUT2D eigenvalue weighted by Gasteiger charge is -2.24. The summed E-state index contributed by atoms with van der Waals surface area (Å²) in [7, 11) is -1.14. The molecule has 0 saturated carbocycles. The van der Waals surface area contributed by atoms with Crippen molar-refractivity contribution >= 4 is 39.6 Å². The number of hydrazone groups is 1. The Morgan fingerprint density at radius 2 is 1.66 bits per heavy atom. The van der Waals surface area contributed by atoms with E-state index in [0.717, 1.165) is 20.3 Å². The summed E-state index contributed by atoms with van der Waals surface area (Å²) in [5.74, 6) is 0.166. The molecule has 0 aliphatic heterocycles. The summed E-state index contributed by atoms with van der Waals surface area (Å²) < 4.78 is 38.6. The third-order valence-electron chi connectivity index (χ3n) is 5.07. The number of sulfonamides is 1. The van der Waals surface area contributed by atoms with Gasteiger partial charge in [0, 0.05) is 11.0 Å². The Labute approximate surface area is 210 Å². The number of ether oxygens (including phenoxy) is 2.